The van der Waals surface area contributed by atoms with E-state index in [-0.39, 0.29) is 10.1 Å². The molecule has 1 fully saturated rings. The standard InChI is InChI=1S/C16H11Cl6NO4/c1-27-7-4-2-6(3-5-7)23-12(24)8-9(13(25)26)15(20)11(18)10(17)14(8,19)16(15,21)22/h2-5,8-9H,1H3,(H,23,24)(H,25,26)/t8-,9-,14-,15-/m0/s1. The van der Waals surface area contributed by atoms with Crippen molar-refractivity contribution in [3.63, 3.8) is 0 Å². The van der Waals surface area contributed by atoms with Crippen LogP contribution < -0.4 is 10.1 Å². The summed E-state index contributed by atoms with van der Waals surface area (Å²) in [5.74, 6) is -4.72. The summed E-state index contributed by atoms with van der Waals surface area (Å²) in [6, 6.07) is 6.36. The lowest BCUT2D eigenvalue weighted by atomic mass is 9.81. The van der Waals surface area contributed by atoms with E-state index >= 15 is 0 Å². The molecule has 27 heavy (non-hydrogen) atoms. The number of benzene rings is 1. The highest BCUT2D eigenvalue weighted by atomic mass is 35.5. The highest BCUT2D eigenvalue weighted by molar-refractivity contribution is 6.66. The molecule has 5 nitrogen and oxygen atoms in total. The Balaban J connectivity index is 2.05. The third kappa shape index (κ3) is 2.59. The third-order valence-electron chi connectivity index (χ3n) is 4.84. The van der Waals surface area contributed by atoms with Gasteiger partial charge in [-0.05, 0) is 24.3 Å². The van der Waals surface area contributed by atoms with Gasteiger partial charge in [-0.3, -0.25) is 9.59 Å². The first-order chi connectivity index (χ1) is 12.4. The monoisotopic (exact) mass is 491 g/mol. The number of carboxylic acid groups (broad SMARTS) is 1. The van der Waals surface area contributed by atoms with Crippen LogP contribution in [0.2, 0.25) is 0 Å². The minimum Gasteiger partial charge on any atom is -0.497 e. The van der Waals surface area contributed by atoms with Gasteiger partial charge in [0.1, 0.15) is 15.5 Å². The Morgan fingerprint density at radius 3 is 1.93 bits per heavy atom. The van der Waals surface area contributed by atoms with E-state index in [0.29, 0.717) is 11.4 Å². The molecule has 0 radical (unpaired) electrons. The molecule has 1 aromatic rings. The molecule has 1 amide bonds. The predicted octanol–water partition coefficient (Wildman–Crippen LogP) is 4.80. The van der Waals surface area contributed by atoms with Crippen LogP contribution in [0.5, 0.6) is 5.75 Å². The van der Waals surface area contributed by atoms with E-state index in [9.17, 15) is 14.7 Å². The van der Waals surface area contributed by atoms with Crippen LogP contribution in [0.25, 0.3) is 0 Å². The fourth-order valence-electron chi connectivity index (χ4n) is 3.52. The first kappa shape index (κ1) is 21.2. The summed E-state index contributed by atoms with van der Waals surface area (Å²) in [6.45, 7) is 0. The van der Waals surface area contributed by atoms with Gasteiger partial charge in [-0.2, -0.15) is 0 Å². The van der Waals surface area contributed by atoms with Crippen LogP contribution in [0.4, 0.5) is 5.69 Å². The lowest BCUT2D eigenvalue weighted by molar-refractivity contribution is -0.146. The molecule has 4 atom stereocenters. The molecule has 2 N–H and O–H groups in total. The van der Waals surface area contributed by atoms with Gasteiger partial charge in [0.25, 0.3) is 0 Å². The van der Waals surface area contributed by atoms with Crippen LogP contribution in [-0.4, -0.2) is 38.2 Å². The van der Waals surface area contributed by atoms with Crippen molar-refractivity contribution in [3.8, 4) is 5.75 Å². The maximum absolute atomic E-state index is 13.0. The number of ether oxygens (including phenoxy) is 1. The molecule has 0 spiro atoms. The second-order valence-electron chi connectivity index (χ2n) is 6.14. The van der Waals surface area contributed by atoms with E-state index in [4.69, 9.17) is 74.3 Å². The average Bonchev–Trinajstić information content (AvgIpc) is 2.82. The summed E-state index contributed by atoms with van der Waals surface area (Å²) in [6.07, 6.45) is 0. The third-order valence-corrected chi connectivity index (χ3v) is 9.10. The fourth-order valence-corrected chi connectivity index (χ4v) is 6.46. The van der Waals surface area contributed by atoms with E-state index in [1.807, 2.05) is 0 Å². The molecule has 3 rings (SSSR count). The van der Waals surface area contributed by atoms with Crippen molar-refractivity contribution in [1.82, 2.24) is 0 Å². The molecule has 2 aliphatic carbocycles. The number of halogens is 6. The molecule has 1 aromatic carbocycles. The Bertz CT molecular complexity index is 857. The highest BCUT2D eigenvalue weighted by Gasteiger charge is 2.85. The van der Waals surface area contributed by atoms with Crippen LogP contribution >= 0.6 is 69.6 Å². The molecule has 11 heteroatoms. The van der Waals surface area contributed by atoms with E-state index in [1.165, 1.54) is 7.11 Å². The van der Waals surface area contributed by atoms with Crippen LogP contribution in [0.1, 0.15) is 0 Å². The van der Waals surface area contributed by atoms with Crippen LogP contribution in [0.15, 0.2) is 34.3 Å². The van der Waals surface area contributed by atoms with Gasteiger partial charge in [0, 0.05) is 5.69 Å². The van der Waals surface area contributed by atoms with E-state index in [2.05, 4.69) is 5.32 Å². The number of alkyl halides is 4. The maximum Gasteiger partial charge on any atom is 0.309 e. The molecular formula is C16H11Cl6NO4. The SMILES string of the molecule is COc1ccc(NC(=O)[C@@H]2[C@@H](C(=O)O)[C@]3(Cl)C(Cl)=C(Cl)[C@]2(Cl)C3(Cl)Cl)cc1. The fraction of sp³-hybridized carbons (Fsp3) is 0.375. The maximum atomic E-state index is 13.0. The number of rotatable bonds is 4. The van der Waals surface area contributed by atoms with E-state index in [0.717, 1.165) is 0 Å². The molecular weight excluding hydrogens is 483 g/mol. The number of nitrogens with one attached hydrogen (secondary N) is 1. The zero-order valence-corrected chi connectivity index (χ0v) is 17.9. The van der Waals surface area contributed by atoms with Gasteiger partial charge >= 0.3 is 5.97 Å². The molecule has 0 saturated heterocycles. The lowest BCUT2D eigenvalue weighted by Gasteiger charge is -2.33. The van der Waals surface area contributed by atoms with Crippen molar-refractivity contribution < 1.29 is 19.4 Å². The van der Waals surface area contributed by atoms with Gasteiger partial charge in [0.05, 0.1) is 29.0 Å². The second kappa shape index (κ2) is 6.75. The van der Waals surface area contributed by atoms with Crippen molar-refractivity contribution in [2.75, 3.05) is 12.4 Å². The topological polar surface area (TPSA) is 75.6 Å². The van der Waals surface area contributed by atoms with Gasteiger partial charge in [-0.25, -0.2) is 0 Å². The number of carboxylic acids is 1. The number of hydrogen-bond donors (Lipinski definition) is 2. The second-order valence-corrected chi connectivity index (χ2v) is 9.41. The molecule has 0 unspecified atom stereocenters. The van der Waals surface area contributed by atoms with Crippen LogP contribution in [0, 0.1) is 11.8 Å². The zero-order chi connectivity index (χ0) is 20.4. The summed E-state index contributed by atoms with van der Waals surface area (Å²) in [4.78, 5) is 20.8. The minimum absolute atomic E-state index is 0.252. The smallest absolute Gasteiger partial charge is 0.309 e. The molecule has 146 valence electrons. The Hall–Kier alpha value is -0.560. The molecule has 2 bridgehead atoms. The Morgan fingerprint density at radius 1 is 1.00 bits per heavy atom. The Labute approximate surface area is 184 Å². The highest BCUT2D eigenvalue weighted by Crippen LogP contribution is 2.76. The number of carbonyl (C=O) groups is 2. The van der Waals surface area contributed by atoms with Crippen molar-refractivity contribution in [3.05, 3.63) is 34.3 Å². The van der Waals surface area contributed by atoms with Gasteiger partial charge in [-0.1, -0.05) is 46.4 Å². The first-order valence-electron chi connectivity index (χ1n) is 7.44. The Morgan fingerprint density at radius 2 is 1.48 bits per heavy atom. The van der Waals surface area contributed by atoms with Gasteiger partial charge in [0.15, 0.2) is 4.33 Å². The number of allylic oxidation sites excluding steroid dienone is 2. The number of aliphatic carboxylic acids is 1. The normalized spacial score (nSPS) is 33.9. The number of hydrogen-bond acceptors (Lipinski definition) is 3. The molecule has 0 aliphatic heterocycles. The Kier molecular flexibility index (Phi) is 5.29. The lowest BCUT2D eigenvalue weighted by Crippen LogP contribution is -2.47. The average molecular weight is 494 g/mol. The number of amides is 1. The van der Waals surface area contributed by atoms with Gasteiger partial charge in [-0.15, -0.1) is 23.2 Å². The number of carbonyl (C=O) groups excluding carboxylic acids is 1. The minimum atomic E-state index is -2.14. The van der Waals surface area contributed by atoms with Crippen molar-refractivity contribution in [2.45, 2.75) is 14.1 Å². The predicted molar refractivity (Wildman–Crippen MR) is 107 cm³/mol. The van der Waals surface area contributed by atoms with Crippen LogP contribution in [-0.2, 0) is 9.59 Å². The first-order valence-corrected chi connectivity index (χ1v) is 9.71. The summed E-state index contributed by atoms with van der Waals surface area (Å²) in [7, 11) is 1.50. The molecule has 2 aliphatic rings. The summed E-state index contributed by atoms with van der Waals surface area (Å²) >= 11 is 38.1. The van der Waals surface area contributed by atoms with Gasteiger partial charge < -0.3 is 15.2 Å². The molecule has 0 heterocycles. The summed E-state index contributed by atoms with van der Waals surface area (Å²) < 4.78 is 2.91. The molecule has 0 aromatic heterocycles. The van der Waals surface area contributed by atoms with E-state index in [1.54, 1.807) is 24.3 Å². The van der Waals surface area contributed by atoms with Crippen molar-refractivity contribution in [1.29, 1.82) is 0 Å². The summed E-state index contributed by atoms with van der Waals surface area (Å²) in [5.41, 5.74) is 0.373. The van der Waals surface area contributed by atoms with Crippen molar-refractivity contribution in [2.24, 2.45) is 11.8 Å². The summed E-state index contributed by atoms with van der Waals surface area (Å²) in [5, 5.41) is 11.8. The zero-order valence-electron chi connectivity index (χ0n) is 13.4. The quantitative estimate of drug-likeness (QED) is 0.591. The largest absolute Gasteiger partial charge is 0.497 e. The number of fused-ring (bicyclic) bond motifs is 2. The number of methoxy groups -OCH3 is 1. The molecule has 1 saturated carbocycles. The van der Waals surface area contributed by atoms with E-state index < -0.39 is 37.8 Å². The van der Waals surface area contributed by atoms with Crippen LogP contribution in [0.3, 0.4) is 0 Å². The van der Waals surface area contributed by atoms with Gasteiger partial charge in [0.2, 0.25) is 5.91 Å². The number of anilines is 1. The van der Waals surface area contributed by atoms with Crippen molar-refractivity contribution >= 4 is 87.2 Å².